The van der Waals surface area contributed by atoms with Gasteiger partial charge in [0.05, 0.1) is 16.5 Å². The summed E-state index contributed by atoms with van der Waals surface area (Å²) in [5.41, 5.74) is 5.94. The number of aromatic nitrogens is 3. The average Bonchev–Trinajstić information content (AvgIpc) is 3.40. The number of halogens is 1. The van der Waals surface area contributed by atoms with E-state index < -0.39 is 5.91 Å². The molecule has 9 heteroatoms. The fourth-order valence-electron chi connectivity index (χ4n) is 3.05. The molecule has 1 aromatic carbocycles. The number of nitrogens with zero attached hydrogens (tertiary/aromatic N) is 4. The summed E-state index contributed by atoms with van der Waals surface area (Å²) in [5, 5.41) is 6.26. The van der Waals surface area contributed by atoms with Crippen LogP contribution in [-0.4, -0.2) is 44.6 Å². The number of likely N-dealkylation sites (tertiary alicyclic amines) is 1. The molecular formula is C18H16FN5O2S. The Labute approximate surface area is 158 Å². The molecule has 1 atom stereocenters. The summed E-state index contributed by atoms with van der Waals surface area (Å²) in [4.78, 5) is 31.0. The van der Waals surface area contributed by atoms with Crippen LogP contribution >= 0.6 is 11.3 Å². The smallest absolute Gasteiger partial charge is 0.293 e. The molecule has 1 unspecified atom stereocenters. The molecule has 2 aromatic heterocycles. The molecule has 0 radical (unpaired) electrons. The molecule has 0 spiro atoms. The standard InChI is InChI=1S/C18H16FN5O2S/c19-12-3-5-13(6-4-12)24-17(14-2-1-9-27-14)21-16(22-24)18(26)23-8-7-11(10-23)15(20)25/h1-6,9,11H,7-8,10H2,(H2,20,25). The lowest BCUT2D eigenvalue weighted by Crippen LogP contribution is -2.32. The van der Waals surface area contributed by atoms with Crippen LogP contribution in [0.15, 0.2) is 41.8 Å². The highest BCUT2D eigenvalue weighted by molar-refractivity contribution is 7.13. The molecule has 3 heterocycles. The van der Waals surface area contributed by atoms with Crippen molar-refractivity contribution in [3.05, 3.63) is 53.4 Å². The fourth-order valence-corrected chi connectivity index (χ4v) is 3.75. The highest BCUT2D eigenvalue weighted by Gasteiger charge is 2.32. The van der Waals surface area contributed by atoms with Gasteiger partial charge in [-0.05, 0) is 42.1 Å². The molecule has 138 valence electrons. The minimum absolute atomic E-state index is 0.0350. The SMILES string of the molecule is NC(=O)C1CCN(C(=O)c2nc(-c3cccs3)n(-c3ccc(F)cc3)n2)C1. The summed E-state index contributed by atoms with van der Waals surface area (Å²) < 4.78 is 14.8. The molecule has 0 aliphatic carbocycles. The Kier molecular flexibility index (Phi) is 4.44. The van der Waals surface area contributed by atoms with Gasteiger partial charge < -0.3 is 10.6 Å². The summed E-state index contributed by atoms with van der Waals surface area (Å²) in [5.74, 6) is -0.919. The number of hydrogen-bond donors (Lipinski definition) is 1. The number of hydrogen-bond acceptors (Lipinski definition) is 5. The van der Waals surface area contributed by atoms with Crippen LogP contribution in [0.4, 0.5) is 4.39 Å². The number of rotatable bonds is 4. The number of carbonyl (C=O) groups is 2. The van der Waals surface area contributed by atoms with Gasteiger partial charge in [0, 0.05) is 13.1 Å². The number of thiophene rings is 1. The van der Waals surface area contributed by atoms with Gasteiger partial charge in [0.25, 0.3) is 5.91 Å². The van der Waals surface area contributed by atoms with Crippen molar-refractivity contribution in [3.8, 4) is 16.4 Å². The summed E-state index contributed by atoms with van der Waals surface area (Å²) in [6, 6.07) is 9.57. The van der Waals surface area contributed by atoms with Gasteiger partial charge in [-0.1, -0.05) is 6.07 Å². The van der Waals surface area contributed by atoms with Crippen molar-refractivity contribution in [3.63, 3.8) is 0 Å². The van der Waals surface area contributed by atoms with Crippen molar-refractivity contribution in [1.29, 1.82) is 0 Å². The Balaban J connectivity index is 1.70. The Morgan fingerprint density at radius 3 is 2.63 bits per heavy atom. The number of primary amides is 1. The van der Waals surface area contributed by atoms with E-state index in [1.165, 1.54) is 33.1 Å². The first-order valence-electron chi connectivity index (χ1n) is 8.38. The van der Waals surface area contributed by atoms with Gasteiger partial charge in [-0.3, -0.25) is 9.59 Å². The maximum Gasteiger partial charge on any atom is 0.293 e. The highest BCUT2D eigenvalue weighted by atomic mass is 32.1. The molecule has 1 aliphatic heterocycles. The van der Waals surface area contributed by atoms with Crippen molar-refractivity contribution in [2.24, 2.45) is 11.7 Å². The molecule has 2 N–H and O–H groups in total. The van der Waals surface area contributed by atoms with Crippen LogP contribution in [0.5, 0.6) is 0 Å². The van der Waals surface area contributed by atoms with Crippen molar-refractivity contribution < 1.29 is 14.0 Å². The Hall–Kier alpha value is -3.07. The third-order valence-electron chi connectivity index (χ3n) is 4.49. The first-order valence-corrected chi connectivity index (χ1v) is 9.26. The number of nitrogens with two attached hydrogens (primary N) is 1. The van der Waals surface area contributed by atoms with Gasteiger partial charge in [0.1, 0.15) is 5.82 Å². The second-order valence-corrected chi connectivity index (χ2v) is 7.21. The highest BCUT2D eigenvalue weighted by Crippen LogP contribution is 2.26. The van der Waals surface area contributed by atoms with Gasteiger partial charge in [-0.25, -0.2) is 14.1 Å². The maximum atomic E-state index is 13.3. The van der Waals surface area contributed by atoms with Gasteiger partial charge in [0.2, 0.25) is 11.7 Å². The van der Waals surface area contributed by atoms with Crippen LogP contribution in [0.25, 0.3) is 16.4 Å². The van der Waals surface area contributed by atoms with Crippen molar-refractivity contribution >= 4 is 23.2 Å². The first kappa shape index (κ1) is 17.3. The molecule has 1 aliphatic rings. The molecule has 1 fully saturated rings. The predicted octanol–water partition coefficient (Wildman–Crippen LogP) is 2.08. The topological polar surface area (TPSA) is 94.1 Å². The molecule has 0 bridgehead atoms. The summed E-state index contributed by atoms with van der Waals surface area (Å²) in [7, 11) is 0. The fraction of sp³-hybridized carbons (Fsp3) is 0.222. The lowest BCUT2D eigenvalue weighted by Gasteiger charge is -2.13. The monoisotopic (exact) mass is 385 g/mol. The predicted molar refractivity (Wildman–Crippen MR) is 97.8 cm³/mol. The largest absolute Gasteiger partial charge is 0.369 e. The zero-order chi connectivity index (χ0) is 19.0. The zero-order valence-corrected chi connectivity index (χ0v) is 15.0. The van der Waals surface area contributed by atoms with E-state index in [1.807, 2.05) is 17.5 Å². The lowest BCUT2D eigenvalue weighted by atomic mass is 10.1. The summed E-state index contributed by atoms with van der Waals surface area (Å²) in [6.45, 7) is 0.708. The van der Waals surface area contributed by atoms with Gasteiger partial charge in [-0.15, -0.1) is 16.4 Å². The van der Waals surface area contributed by atoms with E-state index >= 15 is 0 Å². The van der Waals surface area contributed by atoms with E-state index in [2.05, 4.69) is 10.1 Å². The molecular weight excluding hydrogens is 369 g/mol. The average molecular weight is 385 g/mol. The van der Waals surface area contributed by atoms with Crippen LogP contribution in [0, 0.1) is 11.7 Å². The van der Waals surface area contributed by atoms with Crippen molar-refractivity contribution in [1.82, 2.24) is 19.7 Å². The first-order chi connectivity index (χ1) is 13.0. The Bertz CT molecular complexity index is 984. The number of benzene rings is 1. The van der Waals surface area contributed by atoms with Crippen LogP contribution < -0.4 is 5.73 Å². The summed E-state index contributed by atoms with van der Waals surface area (Å²) >= 11 is 1.47. The Morgan fingerprint density at radius 1 is 1.22 bits per heavy atom. The number of carbonyl (C=O) groups excluding carboxylic acids is 2. The second-order valence-electron chi connectivity index (χ2n) is 6.26. The quantitative estimate of drug-likeness (QED) is 0.744. The van der Waals surface area contributed by atoms with Gasteiger partial charge >= 0.3 is 0 Å². The van der Waals surface area contributed by atoms with Crippen LogP contribution in [0.3, 0.4) is 0 Å². The van der Waals surface area contributed by atoms with E-state index in [0.717, 1.165) is 4.88 Å². The van der Waals surface area contributed by atoms with Crippen molar-refractivity contribution in [2.45, 2.75) is 6.42 Å². The molecule has 7 nitrogen and oxygen atoms in total. The lowest BCUT2D eigenvalue weighted by molar-refractivity contribution is -0.121. The third-order valence-corrected chi connectivity index (χ3v) is 5.35. The van der Waals surface area contributed by atoms with E-state index in [4.69, 9.17) is 5.73 Å². The summed E-state index contributed by atoms with van der Waals surface area (Å²) in [6.07, 6.45) is 0.539. The molecule has 0 saturated carbocycles. The normalized spacial score (nSPS) is 16.6. The van der Waals surface area contributed by atoms with E-state index in [-0.39, 0.29) is 30.0 Å². The molecule has 1 saturated heterocycles. The van der Waals surface area contributed by atoms with E-state index in [9.17, 15) is 14.0 Å². The molecule has 2 amide bonds. The maximum absolute atomic E-state index is 13.3. The van der Waals surface area contributed by atoms with Crippen LogP contribution in [-0.2, 0) is 4.79 Å². The molecule has 3 aromatic rings. The molecule has 27 heavy (non-hydrogen) atoms. The third kappa shape index (κ3) is 3.33. The molecule has 4 rings (SSSR count). The van der Waals surface area contributed by atoms with Gasteiger partial charge in [-0.2, -0.15) is 0 Å². The van der Waals surface area contributed by atoms with Crippen LogP contribution in [0.1, 0.15) is 17.0 Å². The minimum atomic E-state index is -0.408. The van der Waals surface area contributed by atoms with Crippen molar-refractivity contribution in [2.75, 3.05) is 13.1 Å². The van der Waals surface area contributed by atoms with Gasteiger partial charge in [0.15, 0.2) is 5.82 Å². The zero-order valence-electron chi connectivity index (χ0n) is 14.2. The Morgan fingerprint density at radius 2 is 2.00 bits per heavy atom. The second kappa shape index (κ2) is 6.92. The van der Waals surface area contributed by atoms with Crippen LogP contribution in [0.2, 0.25) is 0 Å². The van der Waals surface area contributed by atoms with E-state index in [0.29, 0.717) is 24.5 Å². The van der Waals surface area contributed by atoms with E-state index in [1.54, 1.807) is 12.1 Å². The minimum Gasteiger partial charge on any atom is -0.369 e. The number of amides is 2.